The smallest absolute Gasteiger partial charge is 0.240 e. The largest absolute Gasteiger partial charge is 0.346 e. The van der Waals surface area contributed by atoms with Gasteiger partial charge in [-0.05, 0) is 61.3 Å². The number of benzene rings is 1. The van der Waals surface area contributed by atoms with Gasteiger partial charge in [0.25, 0.3) is 0 Å². The highest BCUT2D eigenvalue weighted by molar-refractivity contribution is 7.89. The number of amides is 1. The minimum atomic E-state index is -3.59. The zero-order valence-electron chi connectivity index (χ0n) is 16.7. The highest BCUT2D eigenvalue weighted by Gasteiger charge is 2.18. The normalized spacial score (nSPS) is 15.4. The number of aryl methyl sites for hydroxylation is 2. The predicted molar refractivity (Wildman–Crippen MR) is 108 cm³/mol. The molecule has 0 bridgehead atoms. The Morgan fingerprint density at radius 1 is 1.22 bits per heavy atom. The van der Waals surface area contributed by atoms with Crippen LogP contribution in [0.3, 0.4) is 0 Å². The number of nitrogens with zero attached hydrogens (tertiary/aromatic N) is 1. The summed E-state index contributed by atoms with van der Waals surface area (Å²) >= 11 is 0. The highest BCUT2D eigenvalue weighted by atomic mass is 32.2. The molecule has 1 amide bonds. The number of rotatable bonds is 9. The summed E-state index contributed by atoms with van der Waals surface area (Å²) in [6.07, 6.45) is 5.09. The minimum absolute atomic E-state index is 0.0581. The summed E-state index contributed by atoms with van der Waals surface area (Å²) in [6.45, 7) is 4.79. The summed E-state index contributed by atoms with van der Waals surface area (Å²) in [6, 6.07) is 5.41. The number of carbonyl (C=O) groups excluding carboxylic acids is 1. The Kier molecular flexibility index (Phi) is 7.82. The van der Waals surface area contributed by atoms with Gasteiger partial charge in [0.1, 0.15) is 0 Å². The van der Waals surface area contributed by atoms with Gasteiger partial charge in [-0.15, -0.1) is 0 Å². The molecular formula is C20H33N3O3S. The van der Waals surface area contributed by atoms with Crippen molar-refractivity contribution >= 4 is 15.9 Å². The van der Waals surface area contributed by atoms with Crippen molar-refractivity contribution in [1.82, 2.24) is 9.62 Å². The van der Waals surface area contributed by atoms with Crippen molar-refractivity contribution in [2.24, 2.45) is 11.7 Å². The molecule has 3 N–H and O–H groups in total. The van der Waals surface area contributed by atoms with Gasteiger partial charge in [-0.1, -0.05) is 19.9 Å². The van der Waals surface area contributed by atoms with Crippen molar-refractivity contribution in [3.8, 4) is 0 Å². The van der Waals surface area contributed by atoms with Gasteiger partial charge in [0, 0.05) is 32.6 Å². The second kappa shape index (κ2) is 9.66. The summed E-state index contributed by atoms with van der Waals surface area (Å²) in [5, 5.41) is 0. The summed E-state index contributed by atoms with van der Waals surface area (Å²) in [4.78, 5) is 14.1. The van der Waals surface area contributed by atoms with Crippen LogP contribution in [0.15, 0.2) is 23.1 Å². The van der Waals surface area contributed by atoms with Crippen LogP contribution in [0.2, 0.25) is 0 Å². The predicted octanol–water partition coefficient (Wildman–Crippen LogP) is 2.07. The fourth-order valence-electron chi connectivity index (χ4n) is 3.24. The van der Waals surface area contributed by atoms with Crippen molar-refractivity contribution in [1.29, 1.82) is 0 Å². The fraction of sp³-hybridized carbons (Fsp3) is 0.650. The Morgan fingerprint density at radius 3 is 2.56 bits per heavy atom. The zero-order chi connectivity index (χ0) is 20.0. The Morgan fingerprint density at radius 2 is 1.89 bits per heavy atom. The summed E-state index contributed by atoms with van der Waals surface area (Å²) in [7, 11) is -1.86. The van der Waals surface area contributed by atoms with E-state index in [0.29, 0.717) is 12.5 Å². The molecule has 0 saturated carbocycles. The third kappa shape index (κ3) is 6.30. The van der Waals surface area contributed by atoms with Crippen LogP contribution in [-0.2, 0) is 27.7 Å². The number of sulfonamides is 1. The van der Waals surface area contributed by atoms with Gasteiger partial charge < -0.3 is 10.6 Å². The zero-order valence-corrected chi connectivity index (χ0v) is 17.5. The van der Waals surface area contributed by atoms with E-state index >= 15 is 0 Å². The minimum Gasteiger partial charge on any atom is -0.346 e. The van der Waals surface area contributed by atoms with Crippen LogP contribution in [0.5, 0.6) is 0 Å². The number of hydrogen-bond acceptors (Lipinski definition) is 4. The van der Waals surface area contributed by atoms with Crippen molar-refractivity contribution in [3.63, 3.8) is 0 Å². The Hall–Kier alpha value is -1.44. The maximum absolute atomic E-state index is 12.5. The van der Waals surface area contributed by atoms with Crippen molar-refractivity contribution in [2.45, 2.75) is 63.3 Å². The molecule has 7 heteroatoms. The first-order valence-corrected chi connectivity index (χ1v) is 11.3. The van der Waals surface area contributed by atoms with E-state index in [0.717, 1.165) is 37.7 Å². The van der Waals surface area contributed by atoms with E-state index in [-0.39, 0.29) is 29.8 Å². The quantitative estimate of drug-likeness (QED) is 0.669. The van der Waals surface area contributed by atoms with Crippen molar-refractivity contribution < 1.29 is 13.2 Å². The molecule has 0 aromatic heterocycles. The van der Waals surface area contributed by atoms with Gasteiger partial charge in [0.2, 0.25) is 15.9 Å². The number of fused-ring (bicyclic) bond motifs is 1. The second-order valence-corrected chi connectivity index (χ2v) is 9.56. The topological polar surface area (TPSA) is 92.5 Å². The first-order chi connectivity index (χ1) is 12.7. The van der Waals surface area contributed by atoms with Gasteiger partial charge >= 0.3 is 0 Å². The molecule has 1 atom stereocenters. The first-order valence-electron chi connectivity index (χ1n) is 9.81. The second-order valence-electron chi connectivity index (χ2n) is 7.80. The number of nitrogens with two attached hydrogens (primary N) is 1. The fourth-order valence-corrected chi connectivity index (χ4v) is 4.33. The molecule has 6 nitrogen and oxygen atoms in total. The summed E-state index contributed by atoms with van der Waals surface area (Å²) in [5.74, 6) is 0.288. The van der Waals surface area contributed by atoms with E-state index in [2.05, 4.69) is 18.6 Å². The maximum Gasteiger partial charge on any atom is 0.240 e. The molecule has 0 spiro atoms. The highest BCUT2D eigenvalue weighted by Crippen LogP contribution is 2.24. The summed E-state index contributed by atoms with van der Waals surface area (Å²) < 4.78 is 27.6. The van der Waals surface area contributed by atoms with E-state index < -0.39 is 10.0 Å². The number of hydrogen-bond donors (Lipinski definition) is 2. The third-order valence-electron chi connectivity index (χ3n) is 5.34. The molecule has 0 radical (unpaired) electrons. The molecule has 1 aromatic rings. The molecule has 0 heterocycles. The lowest BCUT2D eigenvalue weighted by atomic mass is 9.92. The van der Waals surface area contributed by atoms with Gasteiger partial charge in [0.05, 0.1) is 4.90 Å². The van der Waals surface area contributed by atoms with Crippen molar-refractivity contribution in [3.05, 3.63) is 29.3 Å². The molecule has 0 fully saturated rings. The third-order valence-corrected chi connectivity index (χ3v) is 6.80. The lowest BCUT2D eigenvalue weighted by Gasteiger charge is -2.21. The lowest BCUT2D eigenvalue weighted by molar-refractivity contribution is -0.129. The Bertz CT molecular complexity index is 747. The molecule has 27 heavy (non-hydrogen) atoms. The van der Waals surface area contributed by atoms with Gasteiger partial charge in [-0.3, -0.25) is 4.79 Å². The number of nitrogens with one attached hydrogen (secondary N) is 1. The van der Waals surface area contributed by atoms with E-state index in [4.69, 9.17) is 5.73 Å². The van der Waals surface area contributed by atoms with Crippen LogP contribution < -0.4 is 10.5 Å². The average Bonchev–Trinajstić information content (AvgIpc) is 2.64. The van der Waals surface area contributed by atoms with Crippen LogP contribution >= 0.6 is 0 Å². The van der Waals surface area contributed by atoms with Crippen LogP contribution in [0.25, 0.3) is 0 Å². The molecule has 2 rings (SSSR count). The number of carbonyl (C=O) groups is 1. The van der Waals surface area contributed by atoms with Gasteiger partial charge in [0.15, 0.2) is 0 Å². The molecule has 0 aliphatic heterocycles. The van der Waals surface area contributed by atoms with E-state index in [1.165, 1.54) is 5.56 Å². The van der Waals surface area contributed by atoms with Crippen LogP contribution in [0, 0.1) is 5.92 Å². The molecule has 1 unspecified atom stereocenters. The summed E-state index contributed by atoms with van der Waals surface area (Å²) in [5.41, 5.74) is 8.38. The molecule has 152 valence electrons. The molecule has 1 aliphatic carbocycles. The monoisotopic (exact) mass is 395 g/mol. The molecular weight excluding hydrogens is 362 g/mol. The maximum atomic E-state index is 12.5. The van der Waals surface area contributed by atoms with E-state index in [1.807, 2.05) is 6.07 Å². The van der Waals surface area contributed by atoms with E-state index in [1.54, 1.807) is 24.1 Å². The van der Waals surface area contributed by atoms with Crippen LogP contribution in [0.1, 0.15) is 50.7 Å². The Labute approximate surface area is 163 Å². The van der Waals surface area contributed by atoms with Crippen LogP contribution in [-0.4, -0.2) is 45.4 Å². The standard InChI is InChI=1S/C20H33N3O3S/c1-15(2)19(21)11-13-23(3)20(24)10-12-22-27(25,26)18-9-8-16-6-4-5-7-17(16)14-18/h8-9,14-15,19,22H,4-7,10-13,21H2,1-3H3. The van der Waals surface area contributed by atoms with E-state index in [9.17, 15) is 13.2 Å². The van der Waals surface area contributed by atoms with Crippen LogP contribution in [0.4, 0.5) is 0 Å². The average molecular weight is 396 g/mol. The molecule has 1 aliphatic rings. The lowest BCUT2D eigenvalue weighted by Crippen LogP contribution is -2.36. The first kappa shape index (κ1) is 21.9. The molecule has 1 aromatic carbocycles. The molecule has 0 saturated heterocycles. The van der Waals surface area contributed by atoms with Gasteiger partial charge in [-0.25, -0.2) is 13.1 Å². The Balaban J connectivity index is 1.84. The van der Waals surface area contributed by atoms with Crippen molar-refractivity contribution in [2.75, 3.05) is 20.1 Å². The van der Waals surface area contributed by atoms with Gasteiger partial charge in [-0.2, -0.15) is 0 Å². The SMILES string of the molecule is CC(C)C(N)CCN(C)C(=O)CCNS(=O)(=O)c1ccc2c(c1)CCCC2.